The molecule has 2 aromatic rings. The van der Waals surface area contributed by atoms with Crippen LogP contribution >= 0.6 is 0 Å². The lowest BCUT2D eigenvalue weighted by molar-refractivity contribution is -0.143. The molecule has 1 fully saturated rings. The highest BCUT2D eigenvalue weighted by Gasteiger charge is 2.36. The van der Waals surface area contributed by atoms with Crippen LogP contribution in [0.5, 0.6) is 0 Å². The molecule has 0 unspecified atom stereocenters. The van der Waals surface area contributed by atoms with E-state index in [2.05, 4.69) is 34.9 Å². The van der Waals surface area contributed by atoms with Gasteiger partial charge in [0.15, 0.2) is 0 Å². The van der Waals surface area contributed by atoms with Crippen molar-refractivity contribution in [2.45, 2.75) is 62.4 Å². The second-order valence-electron chi connectivity index (χ2n) is 9.43. The largest absolute Gasteiger partial charge is 0.480 e. The highest BCUT2D eigenvalue weighted by atomic mass is 16.5. The van der Waals surface area contributed by atoms with Gasteiger partial charge in [-0.2, -0.15) is 0 Å². The maximum Gasteiger partial charge on any atom is 0.407 e. The number of carbonyl (C=O) groups excluding carboxylic acids is 2. The van der Waals surface area contributed by atoms with Gasteiger partial charge in [-0.1, -0.05) is 67.8 Å². The number of ether oxygens (including phenoxy) is 1. The molecular weight excluding hydrogens is 448 g/mol. The number of hydrogen-bond donors (Lipinski definition) is 4. The van der Waals surface area contributed by atoms with Crippen molar-refractivity contribution in [3.05, 3.63) is 59.7 Å². The van der Waals surface area contributed by atoms with Crippen molar-refractivity contribution < 1.29 is 29.3 Å². The Morgan fingerprint density at radius 1 is 0.971 bits per heavy atom. The number of aliphatic carboxylic acids is 1. The van der Waals surface area contributed by atoms with Crippen LogP contribution in [0.3, 0.4) is 0 Å². The summed E-state index contributed by atoms with van der Waals surface area (Å²) in [6.45, 7) is -0.461. The standard InChI is InChI=1S/C27H32N2O6/c30-16-23(25(32)33)28-24(31)12-15-27(13-6-1-7-14-27)29-26(34)35-17-22-20-10-4-2-8-18(20)19-9-3-5-11-21(19)22/h2-5,8-11,22-23,30H,1,6-7,12-17H2,(H,28,31)(H,29,34)(H,32,33)/t23-/m1/s1. The van der Waals surface area contributed by atoms with E-state index in [9.17, 15) is 14.4 Å². The Morgan fingerprint density at radius 2 is 1.57 bits per heavy atom. The van der Waals surface area contributed by atoms with Gasteiger partial charge in [0.1, 0.15) is 12.6 Å². The first kappa shape index (κ1) is 24.7. The van der Waals surface area contributed by atoms with Crippen LogP contribution in [0.4, 0.5) is 4.79 Å². The molecule has 4 rings (SSSR count). The van der Waals surface area contributed by atoms with Crippen LogP contribution in [0.2, 0.25) is 0 Å². The molecule has 0 radical (unpaired) electrons. The first-order valence-electron chi connectivity index (χ1n) is 12.2. The second-order valence-corrected chi connectivity index (χ2v) is 9.43. The molecule has 4 N–H and O–H groups in total. The SMILES string of the molecule is O=C(CCC1(NC(=O)OCC2c3ccccc3-c3ccccc32)CCCCC1)N[C@H](CO)C(=O)O. The number of aliphatic hydroxyl groups is 1. The minimum atomic E-state index is -1.33. The van der Waals surface area contributed by atoms with Crippen molar-refractivity contribution in [2.75, 3.05) is 13.2 Å². The molecular formula is C27H32N2O6. The highest BCUT2D eigenvalue weighted by molar-refractivity contribution is 5.83. The number of fused-ring (bicyclic) bond motifs is 3. The van der Waals surface area contributed by atoms with Gasteiger partial charge in [-0.25, -0.2) is 9.59 Å². The first-order valence-corrected chi connectivity index (χ1v) is 12.2. The Morgan fingerprint density at radius 3 is 2.14 bits per heavy atom. The zero-order valence-corrected chi connectivity index (χ0v) is 19.7. The van der Waals surface area contributed by atoms with Crippen LogP contribution in [0, 0.1) is 0 Å². The summed E-state index contributed by atoms with van der Waals surface area (Å²) < 4.78 is 5.73. The summed E-state index contributed by atoms with van der Waals surface area (Å²) in [6.07, 6.45) is 4.30. The van der Waals surface area contributed by atoms with Crippen LogP contribution in [-0.2, 0) is 14.3 Å². The summed E-state index contributed by atoms with van der Waals surface area (Å²) in [5, 5.41) is 23.5. The molecule has 2 aliphatic rings. The molecule has 2 amide bonds. The number of carboxylic acid groups (broad SMARTS) is 1. The summed E-state index contributed by atoms with van der Waals surface area (Å²) in [4.78, 5) is 36.3. The van der Waals surface area contributed by atoms with Crippen LogP contribution in [0.15, 0.2) is 48.5 Å². The van der Waals surface area contributed by atoms with Crippen molar-refractivity contribution in [1.82, 2.24) is 10.6 Å². The topological polar surface area (TPSA) is 125 Å². The van der Waals surface area contributed by atoms with Gasteiger partial charge < -0.3 is 25.6 Å². The van der Waals surface area contributed by atoms with Gasteiger partial charge >= 0.3 is 12.1 Å². The number of carbonyl (C=O) groups is 3. The van der Waals surface area contributed by atoms with E-state index in [0.717, 1.165) is 54.4 Å². The molecule has 2 aromatic carbocycles. The zero-order chi connectivity index (χ0) is 24.8. The van der Waals surface area contributed by atoms with E-state index in [0.29, 0.717) is 6.42 Å². The van der Waals surface area contributed by atoms with Crippen LogP contribution in [0.1, 0.15) is 62.0 Å². The summed E-state index contributed by atoms with van der Waals surface area (Å²) in [5.74, 6) is -1.79. The van der Waals surface area contributed by atoms with Crippen molar-refractivity contribution in [2.24, 2.45) is 0 Å². The Balaban J connectivity index is 1.38. The summed E-state index contributed by atoms with van der Waals surface area (Å²) in [5.41, 5.74) is 4.03. The van der Waals surface area contributed by atoms with Gasteiger partial charge in [0.25, 0.3) is 0 Å². The quantitative estimate of drug-likeness (QED) is 0.435. The average molecular weight is 481 g/mol. The molecule has 0 saturated heterocycles. The second kappa shape index (κ2) is 10.9. The molecule has 0 aromatic heterocycles. The number of nitrogens with one attached hydrogen (secondary N) is 2. The van der Waals surface area contributed by atoms with Gasteiger partial charge in [-0.15, -0.1) is 0 Å². The number of benzene rings is 2. The smallest absolute Gasteiger partial charge is 0.407 e. The molecule has 0 heterocycles. The molecule has 35 heavy (non-hydrogen) atoms. The minimum absolute atomic E-state index is 0.0346. The maximum atomic E-state index is 12.9. The average Bonchev–Trinajstić information content (AvgIpc) is 3.19. The fourth-order valence-corrected chi connectivity index (χ4v) is 5.32. The van der Waals surface area contributed by atoms with E-state index in [1.54, 1.807) is 0 Å². The lowest BCUT2D eigenvalue weighted by Gasteiger charge is -2.38. The van der Waals surface area contributed by atoms with E-state index in [-0.39, 0.29) is 18.9 Å². The lowest BCUT2D eigenvalue weighted by atomic mass is 9.78. The molecule has 0 bridgehead atoms. The maximum absolute atomic E-state index is 12.9. The minimum Gasteiger partial charge on any atom is -0.480 e. The zero-order valence-electron chi connectivity index (χ0n) is 19.7. The van der Waals surface area contributed by atoms with E-state index in [1.165, 1.54) is 0 Å². The number of alkyl carbamates (subject to hydrolysis) is 1. The molecule has 0 aliphatic heterocycles. The van der Waals surface area contributed by atoms with Crippen LogP contribution in [-0.4, -0.2) is 53.0 Å². The Hall–Kier alpha value is -3.39. The number of carboxylic acids is 1. The monoisotopic (exact) mass is 480 g/mol. The number of rotatable bonds is 9. The Labute approximate surface area is 204 Å². The van der Waals surface area contributed by atoms with Crippen molar-refractivity contribution in [1.29, 1.82) is 0 Å². The highest BCUT2D eigenvalue weighted by Crippen LogP contribution is 2.44. The third-order valence-corrected chi connectivity index (χ3v) is 7.17. The molecule has 186 valence electrons. The molecule has 1 saturated carbocycles. The summed E-state index contributed by atoms with van der Waals surface area (Å²) in [6, 6.07) is 15.0. The Kier molecular flexibility index (Phi) is 7.70. The first-order chi connectivity index (χ1) is 16.9. The predicted octanol–water partition coefficient (Wildman–Crippen LogP) is 3.57. The predicted molar refractivity (Wildman–Crippen MR) is 130 cm³/mol. The van der Waals surface area contributed by atoms with Crippen molar-refractivity contribution in [3.8, 4) is 11.1 Å². The lowest BCUT2D eigenvalue weighted by Crippen LogP contribution is -2.51. The number of hydrogen-bond acceptors (Lipinski definition) is 5. The molecule has 0 spiro atoms. The van der Waals surface area contributed by atoms with E-state index < -0.39 is 36.2 Å². The number of aliphatic hydroxyl groups excluding tert-OH is 1. The summed E-state index contributed by atoms with van der Waals surface area (Å²) >= 11 is 0. The third kappa shape index (κ3) is 5.65. The van der Waals surface area contributed by atoms with Gasteiger partial charge in [0.05, 0.1) is 6.61 Å². The van der Waals surface area contributed by atoms with Crippen LogP contribution in [0.25, 0.3) is 11.1 Å². The van der Waals surface area contributed by atoms with Crippen LogP contribution < -0.4 is 10.6 Å². The fraction of sp³-hybridized carbons (Fsp3) is 0.444. The van der Waals surface area contributed by atoms with Gasteiger partial charge in [0.2, 0.25) is 5.91 Å². The van der Waals surface area contributed by atoms with E-state index in [1.807, 2.05) is 24.3 Å². The van der Waals surface area contributed by atoms with Crippen molar-refractivity contribution in [3.63, 3.8) is 0 Å². The fourth-order valence-electron chi connectivity index (χ4n) is 5.32. The molecule has 1 atom stereocenters. The van der Waals surface area contributed by atoms with Gasteiger partial charge in [0, 0.05) is 17.9 Å². The van der Waals surface area contributed by atoms with Crippen molar-refractivity contribution >= 4 is 18.0 Å². The Bertz CT molecular complexity index is 1030. The van der Waals surface area contributed by atoms with Gasteiger partial charge in [-0.05, 0) is 41.5 Å². The molecule has 8 nitrogen and oxygen atoms in total. The number of amides is 2. The third-order valence-electron chi connectivity index (χ3n) is 7.17. The van der Waals surface area contributed by atoms with Gasteiger partial charge in [-0.3, -0.25) is 4.79 Å². The molecule has 8 heteroatoms. The molecule has 2 aliphatic carbocycles. The normalized spacial score (nSPS) is 17.1. The van der Waals surface area contributed by atoms with E-state index in [4.69, 9.17) is 14.9 Å². The summed E-state index contributed by atoms with van der Waals surface area (Å²) in [7, 11) is 0. The van der Waals surface area contributed by atoms with E-state index >= 15 is 0 Å².